The molecule has 5 nitrogen and oxygen atoms in total. The molecule has 0 aromatic heterocycles. The van der Waals surface area contributed by atoms with Gasteiger partial charge >= 0.3 is 0 Å². The molecule has 1 aliphatic rings. The van der Waals surface area contributed by atoms with Crippen LogP contribution in [-0.4, -0.2) is 34.9 Å². The third-order valence-corrected chi connectivity index (χ3v) is 2.33. The van der Waals surface area contributed by atoms with E-state index in [0.29, 0.717) is 5.96 Å². The Bertz CT molecular complexity index is 280. The zero-order valence-electron chi connectivity index (χ0n) is 9.66. The van der Waals surface area contributed by atoms with Crippen molar-refractivity contribution in [1.82, 2.24) is 4.90 Å². The zero-order chi connectivity index (χ0) is 11.6. The van der Waals surface area contributed by atoms with Crippen molar-refractivity contribution in [3.05, 3.63) is 0 Å². The maximum absolute atomic E-state index is 11.2. The van der Waals surface area contributed by atoms with Gasteiger partial charge in [-0.15, -0.1) is 0 Å². The van der Waals surface area contributed by atoms with Crippen LogP contribution in [0.3, 0.4) is 0 Å². The first-order valence-electron chi connectivity index (χ1n) is 5.22. The molecule has 1 unspecified atom stereocenters. The maximum atomic E-state index is 11.2. The van der Waals surface area contributed by atoms with Crippen molar-refractivity contribution < 1.29 is 4.79 Å². The number of nitrogens with two attached hydrogens (primary N) is 2. The van der Waals surface area contributed by atoms with Crippen LogP contribution < -0.4 is 11.5 Å². The Balaban J connectivity index is 2.79. The average Bonchev–Trinajstić information content (AvgIpc) is 2.47. The van der Waals surface area contributed by atoms with E-state index >= 15 is 0 Å². The predicted molar refractivity (Wildman–Crippen MR) is 60.3 cm³/mol. The molecule has 1 aliphatic heterocycles. The number of hydrogen-bond donors (Lipinski definition) is 2. The van der Waals surface area contributed by atoms with Gasteiger partial charge in [-0.25, -0.2) is 4.99 Å². The van der Waals surface area contributed by atoms with Gasteiger partial charge in [0.25, 0.3) is 0 Å². The first kappa shape index (κ1) is 11.8. The van der Waals surface area contributed by atoms with E-state index in [-0.39, 0.29) is 17.5 Å². The molecular weight excluding hydrogens is 192 g/mol. The molecule has 86 valence electrons. The molecular formula is C10H20N4O. The summed E-state index contributed by atoms with van der Waals surface area (Å²) < 4.78 is 0. The fourth-order valence-corrected chi connectivity index (χ4v) is 1.74. The molecule has 0 saturated carbocycles. The largest absolute Gasteiger partial charge is 0.370 e. The Morgan fingerprint density at radius 2 is 2.00 bits per heavy atom. The molecule has 1 atom stereocenters. The van der Waals surface area contributed by atoms with E-state index in [9.17, 15) is 4.79 Å². The standard InChI is InChI=1S/C10H20N4O/c1-10(2,3)13-9(12)14-6-4-5-7(14)8(11)15/h7H,4-6H2,1-3H3,(H2,11,15)(H2,12,13). The van der Waals surface area contributed by atoms with Crippen LogP contribution in [0.5, 0.6) is 0 Å². The second-order valence-corrected chi connectivity index (χ2v) is 4.89. The quantitative estimate of drug-likeness (QED) is 0.476. The summed E-state index contributed by atoms with van der Waals surface area (Å²) in [5, 5.41) is 0. The van der Waals surface area contributed by atoms with Crippen molar-refractivity contribution in [2.24, 2.45) is 16.5 Å². The number of nitrogens with zero attached hydrogens (tertiary/aromatic N) is 2. The number of rotatable bonds is 1. The van der Waals surface area contributed by atoms with Crippen LogP contribution in [-0.2, 0) is 4.79 Å². The van der Waals surface area contributed by atoms with Crippen LogP contribution in [0.1, 0.15) is 33.6 Å². The fourth-order valence-electron chi connectivity index (χ4n) is 1.74. The molecule has 1 rings (SSSR count). The molecule has 0 aliphatic carbocycles. The van der Waals surface area contributed by atoms with Crippen molar-refractivity contribution in [3.63, 3.8) is 0 Å². The predicted octanol–water partition coefficient (Wildman–Crippen LogP) is 0.0493. The topological polar surface area (TPSA) is 84.7 Å². The molecule has 1 fully saturated rings. The lowest BCUT2D eigenvalue weighted by atomic mass is 10.1. The van der Waals surface area contributed by atoms with E-state index in [4.69, 9.17) is 11.5 Å². The summed E-state index contributed by atoms with van der Waals surface area (Å²) in [5.41, 5.74) is 10.9. The highest BCUT2D eigenvalue weighted by Gasteiger charge is 2.30. The van der Waals surface area contributed by atoms with E-state index in [0.717, 1.165) is 19.4 Å². The molecule has 1 saturated heterocycles. The molecule has 1 heterocycles. The van der Waals surface area contributed by atoms with E-state index < -0.39 is 0 Å². The average molecular weight is 212 g/mol. The van der Waals surface area contributed by atoms with Gasteiger partial charge in [0.15, 0.2) is 5.96 Å². The smallest absolute Gasteiger partial charge is 0.240 e. The maximum Gasteiger partial charge on any atom is 0.240 e. The van der Waals surface area contributed by atoms with Crippen molar-refractivity contribution >= 4 is 11.9 Å². The summed E-state index contributed by atoms with van der Waals surface area (Å²) in [7, 11) is 0. The van der Waals surface area contributed by atoms with Gasteiger partial charge in [-0.2, -0.15) is 0 Å². The number of aliphatic imine (C=N–C) groups is 1. The Labute approximate surface area is 90.5 Å². The van der Waals surface area contributed by atoms with Crippen LogP contribution >= 0.6 is 0 Å². The van der Waals surface area contributed by atoms with Crippen molar-refractivity contribution in [2.75, 3.05) is 6.54 Å². The first-order chi connectivity index (χ1) is 6.81. The minimum Gasteiger partial charge on any atom is -0.370 e. The highest BCUT2D eigenvalue weighted by atomic mass is 16.1. The van der Waals surface area contributed by atoms with Crippen molar-refractivity contribution in [1.29, 1.82) is 0 Å². The third-order valence-electron chi connectivity index (χ3n) is 2.33. The molecule has 0 bridgehead atoms. The van der Waals surface area contributed by atoms with E-state index in [1.165, 1.54) is 0 Å². The molecule has 0 aromatic rings. The Hall–Kier alpha value is -1.26. The SMILES string of the molecule is CC(C)(C)N=C(N)N1CCCC1C(N)=O. The molecule has 0 aromatic carbocycles. The molecule has 0 spiro atoms. The summed E-state index contributed by atoms with van der Waals surface area (Å²) in [6.07, 6.45) is 1.71. The van der Waals surface area contributed by atoms with Gasteiger partial charge in [0, 0.05) is 6.54 Å². The van der Waals surface area contributed by atoms with E-state index in [1.807, 2.05) is 20.8 Å². The van der Waals surface area contributed by atoms with Gasteiger partial charge < -0.3 is 16.4 Å². The van der Waals surface area contributed by atoms with Gasteiger partial charge in [-0.1, -0.05) is 0 Å². The van der Waals surface area contributed by atoms with Gasteiger partial charge in [0.1, 0.15) is 6.04 Å². The lowest BCUT2D eigenvalue weighted by molar-refractivity contribution is -0.121. The highest BCUT2D eigenvalue weighted by molar-refractivity contribution is 5.88. The number of guanidine groups is 1. The molecule has 15 heavy (non-hydrogen) atoms. The van der Waals surface area contributed by atoms with Crippen LogP contribution in [0.4, 0.5) is 0 Å². The summed E-state index contributed by atoms with van der Waals surface area (Å²) >= 11 is 0. The summed E-state index contributed by atoms with van der Waals surface area (Å²) in [6, 6.07) is -0.281. The van der Waals surface area contributed by atoms with Crippen molar-refractivity contribution in [3.8, 4) is 0 Å². The lowest BCUT2D eigenvalue weighted by Crippen LogP contribution is -2.47. The van der Waals surface area contributed by atoms with E-state index in [1.54, 1.807) is 4.90 Å². The Morgan fingerprint density at radius 3 is 2.47 bits per heavy atom. The zero-order valence-corrected chi connectivity index (χ0v) is 9.66. The molecule has 5 heteroatoms. The lowest BCUT2D eigenvalue weighted by Gasteiger charge is -2.25. The van der Waals surface area contributed by atoms with Gasteiger partial charge in [-0.05, 0) is 33.6 Å². The Kier molecular flexibility index (Phi) is 3.21. The number of primary amides is 1. The first-order valence-corrected chi connectivity index (χ1v) is 5.22. The Morgan fingerprint density at radius 1 is 1.40 bits per heavy atom. The summed E-state index contributed by atoms with van der Waals surface area (Å²) in [4.78, 5) is 17.3. The number of hydrogen-bond acceptors (Lipinski definition) is 2. The molecule has 0 radical (unpaired) electrons. The highest BCUT2D eigenvalue weighted by Crippen LogP contribution is 2.17. The molecule has 1 amide bonds. The van der Waals surface area contributed by atoms with E-state index in [2.05, 4.69) is 4.99 Å². The molecule has 4 N–H and O–H groups in total. The second kappa shape index (κ2) is 4.08. The van der Waals surface area contributed by atoms with Crippen LogP contribution in [0.2, 0.25) is 0 Å². The van der Waals surface area contributed by atoms with Crippen LogP contribution in [0.15, 0.2) is 4.99 Å². The fraction of sp³-hybridized carbons (Fsp3) is 0.800. The number of likely N-dealkylation sites (tertiary alicyclic amines) is 1. The number of carbonyl (C=O) groups excluding carboxylic acids is 1. The van der Waals surface area contributed by atoms with Crippen LogP contribution in [0, 0.1) is 0 Å². The van der Waals surface area contributed by atoms with Gasteiger partial charge in [-0.3, -0.25) is 4.79 Å². The number of amides is 1. The van der Waals surface area contributed by atoms with Gasteiger partial charge in [0.2, 0.25) is 5.91 Å². The summed E-state index contributed by atoms with van der Waals surface area (Å²) in [5.74, 6) is 0.100. The summed E-state index contributed by atoms with van der Waals surface area (Å²) in [6.45, 7) is 6.67. The second-order valence-electron chi connectivity index (χ2n) is 4.89. The van der Waals surface area contributed by atoms with Crippen molar-refractivity contribution in [2.45, 2.75) is 45.2 Å². The number of carbonyl (C=O) groups is 1. The minimum atomic E-state index is -0.320. The normalized spacial score (nSPS) is 23.3. The van der Waals surface area contributed by atoms with Crippen LogP contribution in [0.25, 0.3) is 0 Å². The minimum absolute atomic E-state index is 0.227. The monoisotopic (exact) mass is 212 g/mol. The third kappa shape index (κ3) is 3.11. The van der Waals surface area contributed by atoms with Gasteiger partial charge in [0.05, 0.1) is 5.54 Å².